The van der Waals surface area contributed by atoms with Crippen LogP contribution < -0.4 is 0 Å². The van der Waals surface area contributed by atoms with E-state index in [0.29, 0.717) is 10.3 Å². The Bertz CT molecular complexity index is 582. The number of H-pyrrole nitrogens is 1. The van der Waals surface area contributed by atoms with Crippen LogP contribution >= 0.6 is 12.2 Å². The van der Waals surface area contributed by atoms with Gasteiger partial charge in [-0.2, -0.15) is 5.26 Å². The lowest BCUT2D eigenvalue weighted by molar-refractivity contribution is 1.13. The normalized spacial score (nSPS) is 9.53. The van der Waals surface area contributed by atoms with Crippen LogP contribution in [0.1, 0.15) is 5.56 Å². The van der Waals surface area contributed by atoms with Crippen LogP contribution in [0.25, 0.3) is 11.3 Å². The predicted octanol–water partition coefficient (Wildman–Crippen LogP) is 2.07. The van der Waals surface area contributed by atoms with E-state index in [1.165, 1.54) is 6.20 Å². The van der Waals surface area contributed by atoms with Gasteiger partial charge in [-0.1, -0.05) is 0 Å². The van der Waals surface area contributed by atoms with Crippen molar-refractivity contribution >= 4 is 12.2 Å². The monoisotopic (exact) mass is 214 g/mol. The summed E-state index contributed by atoms with van der Waals surface area (Å²) in [4.78, 5) is 10.8. The van der Waals surface area contributed by atoms with Gasteiger partial charge >= 0.3 is 0 Å². The maximum atomic E-state index is 8.73. The highest BCUT2D eigenvalue weighted by atomic mass is 32.1. The van der Waals surface area contributed by atoms with Gasteiger partial charge in [0, 0.05) is 24.2 Å². The first-order valence-electron chi connectivity index (χ1n) is 4.20. The average molecular weight is 214 g/mol. The van der Waals surface area contributed by atoms with Crippen molar-refractivity contribution in [2.45, 2.75) is 0 Å². The van der Waals surface area contributed by atoms with Gasteiger partial charge in [0.2, 0.25) is 0 Å². The van der Waals surface area contributed by atoms with E-state index in [-0.39, 0.29) is 0 Å². The fraction of sp³-hybridized carbons (Fsp3) is 0. The topological polar surface area (TPSA) is 65.4 Å². The molecule has 2 aromatic heterocycles. The first kappa shape index (κ1) is 9.49. The number of hydrogen-bond donors (Lipinski definition) is 1. The molecule has 2 heterocycles. The lowest BCUT2D eigenvalue weighted by atomic mass is 10.1. The zero-order chi connectivity index (χ0) is 10.7. The Morgan fingerprint density at radius 3 is 3.00 bits per heavy atom. The predicted molar refractivity (Wildman–Crippen MR) is 57.4 cm³/mol. The van der Waals surface area contributed by atoms with E-state index >= 15 is 0 Å². The third-order valence-corrected chi connectivity index (χ3v) is 2.06. The number of nitrogens with zero attached hydrogens (tertiary/aromatic N) is 3. The second-order valence-electron chi connectivity index (χ2n) is 2.86. The molecule has 2 aromatic rings. The van der Waals surface area contributed by atoms with Crippen LogP contribution in [-0.2, 0) is 0 Å². The largest absolute Gasteiger partial charge is 0.330 e. The molecule has 0 saturated heterocycles. The molecule has 2 rings (SSSR count). The Hall–Kier alpha value is -2.06. The van der Waals surface area contributed by atoms with Crippen molar-refractivity contribution in [3.8, 4) is 17.3 Å². The van der Waals surface area contributed by atoms with Crippen LogP contribution in [0.5, 0.6) is 0 Å². The maximum absolute atomic E-state index is 8.73. The Morgan fingerprint density at radius 2 is 2.27 bits per heavy atom. The van der Waals surface area contributed by atoms with E-state index in [0.717, 1.165) is 11.3 Å². The summed E-state index contributed by atoms with van der Waals surface area (Å²) >= 11 is 4.91. The lowest BCUT2D eigenvalue weighted by Gasteiger charge is -2.00. The quantitative estimate of drug-likeness (QED) is 0.738. The van der Waals surface area contributed by atoms with E-state index in [1.807, 2.05) is 6.07 Å². The Labute approximate surface area is 91.3 Å². The highest BCUT2D eigenvalue weighted by Crippen LogP contribution is 2.15. The molecule has 5 heteroatoms. The summed E-state index contributed by atoms with van der Waals surface area (Å²) < 4.78 is 0.412. The number of aromatic amines is 1. The van der Waals surface area contributed by atoms with Crippen molar-refractivity contribution in [2.75, 3.05) is 0 Å². The number of nitrogens with one attached hydrogen (secondary N) is 1. The van der Waals surface area contributed by atoms with Gasteiger partial charge in [-0.3, -0.25) is 4.98 Å². The molecule has 0 radical (unpaired) electrons. The van der Waals surface area contributed by atoms with Gasteiger partial charge in [-0.25, -0.2) is 4.98 Å². The van der Waals surface area contributed by atoms with Crippen molar-refractivity contribution in [2.24, 2.45) is 0 Å². The number of hydrogen-bond acceptors (Lipinski definition) is 4. The molecule has 4 nitrogen and oxygen atoms in total. The van der Waals surface area contributed by atoms with Crippen LogP contribution in [0.3, 0.4) is 0 Å². The second kappa shape index (κ2) is 3.98. The first-order valence-corrected chi connectivity index (χ1v) is 4.61. The zero-order valence-electron chi connectivity index (χ0n) is 7.64. The summed E-state index contributed by atoms with van der Waals surface area (Å²) in [6.07, 6.45) is 4.80. The third kappa shape index (κ3) is 2.06. The first-order chi connectivity index (χ1) is 7.29. The van der Waals surface area contributed by atoms with E-state index in [9.17, 15) is 0 Å². The molecule has 0 atom stereocenters. The van der Waals surface area contributed by atoms with E-state index in [1.54, 1.807) is 24.5 Å². The van der Waals surface area contributed by atoms with Crippen molar-refractivity contribution < 1.29 is 0 Å². The molecule has 1 N–H and O–H groups in total. The standard InChI is InChI=1S/C10H6N4S/c11-4-7-3-8(6-12-5-7)9-1-2-13-10(15)14-9/h1-3,5-6H,(H,13,14,15). The van der Waals surface area contributed by atoms with Gasteiger partial charge in [-0.05, 0) is 24.4 Å². The molecule has 0 aliphatic heterocycles. The minimum absolute atomic E-state index is 0.412. The summed E-state index contributed by atoms with van der Waals surface area (Å²) in [5.41, 5.74) is 2.14. The number of aromatic nitrogens is 3. The number of rotatable bonds is 1. The smallest absolute Gasteiger partial charge is 0.197 e. The van der Waals surface area contributed by atoms with Gasteiger partial charge in [-0.15, -0.1) is 0 Å². The highest BCUT2D eigenvalue weighted by Gasteiger charge is 1.99. The fourth-order valence-electron chi connectivity index (χ4n) is 1.19. The molecular formula is C10H6N4S. The third-order valence-electron chi connectivity index (χ3n) is 1.85. The Balaban J connectivity index is 2.55. The van der Waals surface area contributed by atoms with Crippen molar-refractivity contribution in [1.29, 1.82) is 5.26 Å². The molecule has 0 aliphatic rings. The highest BCUT2D eigenvalue weighted by molar-refractivity contribution is 7.71. The molecule has 0 spiro atoms. The summed E-state index contributed by atoms with van der Waals surface area (Å²) in [7, 11) is 0. The molecule has 72 valence electrons. The average Bonchev–Trinajstić information content (AvgIpc) is 2.29. The molecule has 0 saturated carbocycles. The summed E-state index contributed by atoms with van der Waals surface area (Å²) in [6, 6.07) is 5.56. The van der Waals surface area contributed by atoms with Crippen LogP contribution in [0.2, 0.25) is 0 Å². The fourth-order valence-corrected chi connectivity index (χ4v) is 1.36. The van der Waals surface area contributed by atoms with Crippen LogP contribution in [0.4, 0.5) is 0 Å². The van der Waals surface area contributed by atoms with Gasteiger partial charge in [0.1, 0.15) is 6.07 Å². The van der Waals surface area contributed by atoms with Crippen molar-refractivity contribution in [3.63, 3.8) is 0 Å². The Morgan fingerprint density at radius 1 is 1.40 bits per heavy atom. The van der Waals surface area contributed by atoms with Crippen LogP contribution in [0, 0.1) is 16.1 Å². The molecule has 0 aliphatic carbocycles. The van der Waals surface area contributed by atoms with Crippen LogP contribution in [-0.4, -0.2) is 15.0 Å². The minimum atomic E-state index is 0.412. The molecule has 0 fully saturated rings. The lowest BCUT2D eigenvalue weighted by Crippen LogP contribution is -1.88. The molecule has 0 unspecified atom stereocenters. The molecule has 0 aromatic carbocycles. The molecular weight excluding hydrogens is 208 g/mol. The number of nitriles is 1. The van der Waals surface area contributed by atoms with Crippen LogP contribution in [0.15, 0.2) is 30.7 Å². The number of pyridine rings is 1. The maximum Gasteiger partial charge on any atom is 0.197 e. The molecule has 15 heavy (non-hydrogen) atoms. The Kier molecular flexibility index (Phi) is 2.52. The molecule has 0 amide bonds. The summed E-state index contributed by atoms with van der Waals surface area (Å²) in [5, 5.41) is 8.73. The summed E-state index contributed by atoms with van der Waals surface area (Å²) in [6.45, 7) is 0. The second-order valence-corrected chi connectivity index (χ2v) is 3.25. The van der Waals surface area contributed by atoms with E-state index in [2.05, 4.69) is 15.0 Å². The van der Waals surface area contributed by atoms with Gasteiger partial charge in [0.05, 0.1) is 11.3 Å². The zero-order valence-corrected chi connectivity index (χ0v) is 8.45. The van der Waals surface area contributed by atoms with Gasteiger partial charge in [0.15, 0.2) is 4.77 Å². The van der Waals surface area contributed by atoms with E-state index in [4.69, 9.17) is 17.5 Å². The SMILES string of the molecule is N#Cc1cncc(-c2ccnc(=S)[nH]2)c1. The minimum Gasteiger partial charge on any atom is -0.330 e. The molecule has 0 bridgehead atoms. The summed E-state index contributed by atoms with van der Waals surface area (Å²) in [5.74, 6) is 0. The van der Waals surface area contributed by atoms with Gasteiger partial charge in [0.25, 0.3) is 0 Å². The van der Waals surface area contributed by atoms with Crippen molar-refractivity contribution in [3.05, 3.63) is 41.1 Å². The van der Waals surface area contributed by atoms with E-state index < -0.39 is 0 Å². The van der Waals surface area contributed by atoms with Gasteiger partial charge < -0.3 is 4.98 Å². The van der Waals surface area contributed by atoms with Crippen molar-refractivity contribution in [1.82, 2.24) is 15.0 Å².